The van der Waals surface area contributed by atoms with Crippen molar-refractivity contribution in [2.45, 2.75) is 45.6 Å². The summed E-state index contributed by atoms with van der Waals surface area (Å²) in [4.78, 5) is 0. The summed E-state index contributed by atoms with van der Waals surface area (Å²) in [6, 6.07) is 0.0796. The lowest BCUT2D eigenvalue weighted by Crippen LogP contribution is -2.35. The van der Waals surface area contributed by atoms with Crippen molar-refractivity contribution in [2.75, 3.05) is 11.6 Å². The number of rotatable bonds is 8. The van der Waals surface area contributed by atoms with Crippen LogP contribution >= 0.6 is 11.6 Å². The zero-order valence-corrected chi connectivity index (χ0v) is 10.5. The van der Waals surface area contributed by atoms with Gasteiger partial charge >= 0.3 is 0 Å². The van der Waals surface area contributed by atoms with E-state index in [1.165, 1.54) is 0 Å². The van der Waals surface area contributed by atoms with Gasteiger partial charge in [0.15, 0.2) is 0 Å². The fourth-order valence-electron chi connectivity index (χ4n) is 1.15. The average molecular weight is 242 g/mol. The van der Waals surface area contributed by atoms with E-state index in [0.29, 0.717) is 12.3 Å². The normalized spacial score (nSPS) is 12.3. The van der Waals surface area contributed by atoms with E-state index >= 15 is 0 Å². The topological polar surface area (TPSA) is 46.2 Å². The Morgan fingerprint density at radius 1 is 1.21 bits per heavy atom. The third-order valence-corrected chi connectivity index (χ3v) is 3.91. The maximum atomic E-state index is 11.5. The molecule has 5 heteroatoms. The molecule has 3 nitrogen and oxygen atoms in total. The maximum Gasteiger partial charge on any atom is 0.211 e. The first kappa shape index (κ1) is 14.2. The molecule has 0 saturated carbocycles. The monoisotopic (exact) mass is 241 g/mol. The molecule has 0 aliphatic heterocycles. The predicted octanol–water partition coefficient (Wildman–Crippen LogP) is 2.11. The smallest absolute Gasteiger partial charge is 0.211 e. The van der Waals surface area contributed by atoms with Crippen molar-refractivity contribution >= 4 is 21.6 Å². The summed E-state index contributed by atoms with van der Waals surface area (Å²) >= 11 is 5.48. The van der Waals surface area contributed by atoms with E-state index < -0.39 is 10.0 Å². The number of hydrogen-bond donors (Lipinski definition) is 1. The summed E-state index contributed by atoms with van der Waals surface area (Å²) in [5, 5.41) is 0. The molecule has 0 aromatic carbocycles. The molecule has 0 saturated heterocycles. The Morgan fingerprint density at radius 3 is 2.21 bits per heavy atom. The van der Waals surface area contributed by atoms with Crippen molar-refractivity contribution in [3.63, 3.8) is 0 Å². The highest BCUT2D eigenvalue weighted by molar-refractivity contribution is 7.89. The molecule has 0 rings (SSSR count). The number of hydrogen-bond acceptors (Lipinski definition) is 2. The summed E-state index contributed by atoms with van der Waals surface area (Å²) < 4.78 is 25.6. The van der Waals surface area contributed by atoms with E-state index in [9.17, 15) is 8.42 Å². The van der Waals surface area contributed by atoms with Crippen molar-refractivity contribution in [3.05, 3.63) is 0 Å². The lowest BCUT2D eigenvalue weighted by Gasteiger charge is -2.14. The molecule has 0 bridgehead atoms. The van der Waals surface area contributed by atoms with Crippen LogP contribution in [-0.2, 0) is 10.0 Å². The quantitative estimate of drug-likeness (QED) is 0.523. The van der Waals surface area contributed by atoms with Crippen LogP contribution in [0.15, 0.2) is 0 Å². The lowest BCUT2D eigenvalue weighted by atomic mass is 10.2. The molecule has 0 atom stereocenters. The summed E-state index contributed by atoms with van der Waals surface area (Å²) in [5.74, 6) is 0.719. The van der Waals surface area contributed by atoms with Gasteiger partial charge in [-0.25, -0.2) is 13.1 Å². The standard InChI is InChI=1S/C9H20ClNO2S/c1-3-9(4-2)11-14(12,13)8-6-5-7-10/h9,11H,3-8H2,1-2H3. The number of sulfonamides is 1. The van der Waals surface area contributed by atoms with Gasteiger partial charge in [-0.3, -0.25) is 0 Å². The van der Waals surface area contributed by atoms with Crippen LogP contribution in [0.2, 0.25) is 0 Å². The van der Waals surface area contributed by atoms with Gasteiger partial charge in [0.05, 0.1) is 5.75 Å². The van der Waals surface area contributed by atoms with Crippen molar-refractivity contribution in [1.29, 1.82) is 0 Å². The number of alkyl halides is 1. The van der Waals surface area contributed by atoms with Crippen LogP contribution in [0.3, 0.4) is 0 Å². The molecule has 86 valence electrons. The Bertz CT molecular complexity index is 225. The molecule has 0 radical (unpaired) electrons. The molecule has 0 fully saturated rings. The summed E-state index contributed by atoms with van der Waals surface area (Å²) in [7, 11) is -3.09. The molecule has 0 amide bonds. The molecule has 14 heavy (non-hydrogen) atoms. The zero-order valence-electron chi connectivity index (χ0n) is 8.92. The molecule has 0 heterocycles. The van der Waals surface area contributed by atoms with E-state index in [4.69, 9.17) is 11.6 Å². The van der Waals surface area contributed by atoms with Gasteiger partial charge in [0, 0.05) is 11.9 Å². The van der Waals surface area contributed by atoms with Crippen LogP contribution < -0.4 is 4.72 Å². The third kappa shape index (κ3) is 6.62. The van der Waals surface area contributed by atoms with E-state index in [2.05, 4.69) is 4.72 Å². The predicted molar refractivity (Wildman–Crippen MR) is 61.2 cm³/mol. The van der Waals surface area contributed by atoms with Gasteiger partial charge in [0.2, 0.25) is 10.0 Å². The van der Waals surface area contributed by atoms with Gasteiger partial charge in [-0.05, 0) is 25.7 Å². The van der Waals surface area contributed by atoms with E-state index in [1.54, 1.807) is 0 Å². The largest absolute Gasteiger partial charge is 0.212 e. The number of halogens is 1. The summed E-state index contributed by atoms with van der Waals surface area (Å²) in [6.07, 6.45) is 3.07. The molecular formula is C9H20ClNO2S. The van der Waals surface area contributed by atoms with Gasteiger partial charge in [-0.15, -0.1) is 11.6 Å². The van der Waals surface area contributed by atoms with Gasteiger partial charge in [-0.1, -0.05) is 13.8 Å². The van der Waals surface area contributed by atoms with E-state index in [1.807, 2.05) is 13.8 Å². The van der Waals surface area contributed by atoms with Gasteiger partial charge in [0.25, 0.3) is 0 Å². The molecule has 0 aliphatic rings. The first-order valence-corrected chi connectivity index (χ1v) is 7.30. The molecule has 0 spiro atoms. The van der Waals surface area contributed by atoms with Crippen molar-refractivity contribution in [2.24, 2.45) is 0 Å². The van der Waals surface area contributed by atoms with E-state index in [-0.39, 0.29) is 11.8 Å². The Hall–Kier alpha value is 0.200. The minimum absolute atomic E-state index is 0.0796. The van der Waals surface area contributed by atoms with Crippen LogP contribution in [0.4, 0.5) is 0 Å². The first-order chi connectivity index (χ1) is 6.55. The average Bonchev–Trinajstić information content (AvgIpc) is 2.14. The first-order valence-electron chi connectivity index (χ1n) is 5.11. The van der Waals surface area contributed by atoms with Crippen LogP contribution in [0.25, 0.3) is 0 Å². The Balaban J connectivity index is 3.93. The SMILES string of the molecule is CCC(CC)NS(=O)(=O)CCCCCl. The molecule has 0 unspecified atom stereocenters. The molecule has 1 N–H and O–H groups in total. The van der Waals surface area contributed by atoms with Crippen molar-refractivity contribution < 1.29 is 8.42 Å². The van der Waals surface area contributed by atoms with Crippen LogP contribution in [0, 0.1) is 0 Å². The van der Waals surface area contributed by atoms with Gasteiger partial charge in [-0.2, -0.15) is 0 Å². The summed E-state index contributed by atoms with van der Waals surface area (Å²) in [5.41, 5.74) is 0. The van der Waals surface area contributed by atoms with Crippen molar-refractivity contribution in [1.82, 2.24) is 4.72 Å². The number of nitrogens with one attached hydrogen (secondary N) is 1. The lowest BCUT2D eigenvalue weighted by molar-refractivity contribution is 0.528. The Morgan fingerprint density at radius 2 is 1.79 bits per heavy atom. The van der Waals surface area contributed by atoms with Crippen LogP contribution in [0.5, 0.6) is 0 Å². The van der Waals surface area contributed by atoms with E-state index in [0.717, 1.165) is 19.3 Å². The second kappa shape index (κ2) is 7.49. The molecule has 0 aromatic rings. The zero-order chi connectivity index (χ0) is 11.0. The summed E-state index contributed by atoms with van der Waals surface area (Å²) in [6.45, 7) is 3.96. The Kier molecular flexibility index (Phi) is 7.59. The van der Waals surface area contributed by atoms with Crippen LogP contribution in [0.1, 0.15) is 39.5 Å². The molecule has 0 aromatic heterocycles. The molecule has 0 aliphatic carbocycles. The van der Waals surface area contributed by atoms with Crippen molar-refractivity contribution in [3.8, 4) is 0 Å². The highest BCUT2D eigenvalue weighted by Crippen LogP contribution is 2.02. The van der Waals surface area contributed by atoms with Gasteiger partial charge < -0.3 is 0 Å². The number of unbranched alkanes of at least 4 members (excludes halogenated alkanes) is 1. The highest BCUT2D eigenvalue weighted by Gasteiger charge is 2.14. The fraction of sp³-hybridized carbons (Fsp3) is 1.00. The Labute approximate surface area is 92.3 Å². The fourth-order valence-corrected chi connectivity index (χ4v) is 2.89. The maximum absolute atomic E-state index is 11.5. The highest BCUT2D eigenvalue weighted by atomic mass is 35.5. The second-order valence-corrected chi connectivity index (χ2v) is 5.60. The minimum Gasteiger partial charge on any atom is -0.212 e. The third-order valence-electron chi connectivity index (χ3n) is 2.13. The minimum atomic E-state index is -3.09. The van der Waals surface area contributed by atoms with Gasteiger partial charge in [0.1, 0.15) is 0 Å². The van der Waals surface area contributed by atoms with Crippen LogP contribution in [-0.4, -0.2) is 26.1 Å². The second-order valence-electron chi connectivity index (χ2n) is 3.35. The molecular weight excluding hydrogens is 222 g/mol.